The minimum atomic E-state index is -4.44. The van der Waals surface area contributed by atoms with Crippen LogP contribution in [0.5, 0.6) is 0 Å². The van der Waals surface area contributed by atoms with Crippen LogP contribution in [-0.4, -0.2) is 74.3 Å². The number of ether oxygens (including phenoxy) is 1. The molecule has 0 rings (SSSR count). The SMILES string of the molecule is CCCCCCCCCCC/C=C\C(OC(=O)CCCCCCCCCCCCCCCCCCC)C(COP(=O)(O)OCC[N+](C)(C)C)NC(=O)CCCCCCCCCCCCCCCCCCCCCCCCCCC. The molecule has 0 bridgehead atoms. The Morgan fingerprint density at radius 1 is 0.430 bits per heavy atom. The van der Waals surface area contributed by atoms with E-state index in [0.29, 0.717) is 23.9 Å². The highest BCUT2D eigenvalue weighted by Crippen LogP contribution is 2.43. The molecule has 0 aromatic carbocycles. The average Bonchev–Trinajstić information content (AvgIpc) is 3.42. The Morgan fingerprint density at radius 3 is 1.04 bits per heavy atom. The smallest absolute Gasteiger partial charge is 0.456 e. The molecule has 0 aliphatic heterocycles. The van der Waals surface area contributed by atoms with Crippen molar-refractivity contribution in [1.29, 1.82) is 0 Å². The quantitative estimate of drug-likeness (QED) is 0.0205. The largest absolute Gasteiger partial charge is 0.472 e. The number of phosphoric acid groups is 1. The minimum absolute atomic E-state index is 0.0459. The Morgan fingerprint density at radius 2 is 0.722 bits per heavy atom. The third kappa shape index (κ3) is 61.1. The van der Waals surface area contributed by atoms with Gasteiger partial charge in [-0.2, -0.15) is 0 Å². The highest BCUT2D eigenvalue weighted by atomic mass is 31.2. The van der Waals surface area contributed by atoms with Crippen LogP contribution in [0.1, 0.15) is 367 Å². The van der Waals surface area contributed by atoms with E-state index in [1.807, 2.05) is 33.3 Å². The second-order valence-electron chi connectivity index (χ2n) is 25.4. The first-order chi connectivity index (χ1) is 38.4. The normalized spacial score (nSPS) is 13.6. The van der Waals surface area contributed by atoms with Crippen LogP contribution in [0.15, 0.2) is 12.2 Å². The van der Waals surface area contributed by atoms with E-state index in [1.165, 1.54) is 276 Å². The third-order valence-corrected chi connectivity index (χ3v) is 17.2. The van der Waals surface area contributed by atoms with Gasteiger partial charge in [-0.15, -0.1) is 0 Å². The van der Waals surface area contributed by atoms with Gasteiger partial charge in [-0.3, -0.25) is 18.6 Å². The Kier molecular flexibility index (Phi) is 58.9. The molecule has 79 heavy (non-hydrogen) atoms. The summed E-state index contributed by atoms with van der Waals surface area (Å²) in [5, 5.41) is 3.08. The highest BCUT2D eigenvalue weighted by Gasteiger charge is 2.30. The summed E-state index contributed by atoms with van der Waals surface area (Å²) in [5.41, 5.74) is 0. The van der Waals surface area contributed by atoms with Crippen molar-refractivity contribution in [3.8, 4) is 0 Å². The maximum atomic E-state index is 13.6. The lowest BCUT2D eigenvalue weighted by molar-refractivity contribution is -0.870. The first-order valence-electron chi connectivity index (χ1n) is 35.0. The first-order valence-corrected chi connectivity index (χ1v) is 36.5. The van der Waals surface area contributed by atoms with Gasteiger partial charge in [0.05, 0.1) is 33.8 Å². The van der Waals surface area contributed by atoms with E-state index in [1.54, 1.807) is 0 Å². The van der Waals surface area contributed by atoms with Crippen molar-refractivity contribution in [3.63, 3.8) is 0 Å². The lowest BCUT2D eigenvalue weighted by atomic mass is 10.0. The molecule has 10 heteroatoms. The standard InChI is InChI=1S/C69H137N2O7P/c1-7-10-13-16-19-22-25-27-29-31-32-33-34-35-36-37-38-40-41-43-46-49-52-55-58-61-68(72)70-66(65-77-79(74,75)76-64-63-71(4,5)6)67(60-57-54-51-48-45-24-21-18-15-12-9-3)78-69(73)62-59-56-53-50-47-44-42-39-30-28-26-23-20-17-14-11-8-2/h57,60,66-67H,7-56,58-59,61-65H2,1-6H3,(H-,70,72,74,75)/p+1/b60-57-. The molecule has 0 spiro atoms. The van der Waals surface area contributed by atoms with E-state index < -0.39 is 20.0 Å². The number of allylic oxidation sites excluding steroid dienone is 1. The number of hydrogen-bond donors (Lipinski definition) is 2. The summed E-state index contributed by atoms with van der Waals surface area (Å²) in [6, 6.07) is -0.840. The molecular weight excluding hydrogens is 1000 g/mol. The van der Waals surface area contributed by atoms with E-state index >= 15 is 0 Å². The number of hydrogen-bond acceptors (Lipinski definition) is 6. The number of unbranched alkanes of at least 4 members (excludes halogenated alkanes) is 49. The van der Waals surface area contributed by atoms with Gasteiger partial charge in [0.15, 0.2) is 0 Å². The number of nitrogens with zero attached hydrogens (tertiary/aromatic N) is 1. The second-order valence-corrected chi connectivity index (χ2v) is 26.9. The number of esters is 1. The molecule has 0 radical (unpaired) electrons. The zero-order valence-corrected chi connectivity index (χ0v) is 54.8. The summed E-state index contributed by atoms with van der Waals surface area (Å²) in [6.45, 7) is 7.08. The second kappa shape index (κ2) is 59.9. The van der Waals surface area contributed by atoms with E-state index in [4.69, 9.17) is 13.8 Å². The molecule has 0 aliphatic rings. The fourth-order valence-corrected chi connectivity index (χ4v) is 11.6. The molecular formula is C69H138N2O7P+. The summed E-state index contributed by atoms with van der Waals surface area (Å²) in [7, 11) is 1.52. The van der Waals surface area contributed by atoms with Crippen LogP contribution in [0, 0.1) is 0 Å². The molecule has 3 unspecified atom stereocenters. The Hall–Kier alpha value is -1.25. The summed E-state index contributed by atoms with van der Waals surface area (Å²) in [4.78, 5) is 37.8. The van der Waals surface area contributed by atoms with Crippen LogP contribution >= 0.6 is 7.82 Å². The zero-order chi connectivity index (χ0) is 57.9. The molecule has 1 amide bonds. The van der Waals surface area contributed by atoms with Gasteiger partial charge in [0.25, 0.3) is 0 Å². The lowest BCUT2D eigenvalue weighted by Crippen LogP contribution is -2.47. The number of carbonyl (C=O) groups is 2. The van der Waals surface area contributed by atoms with Crippen LogP contribution in [0.2, 0.25) is 0 Å². The molecule has 470 valence electrons. The molecule has 9 nitrogen and oxygen atoms in total. The van der Waals surface area contributed by atoms with Crippen molar-refractivity contribution in [2.75, 3.05) is 40.9 Å². The van der Waals surface area contributed by atoms with Gasteiger partial charge in [-0.05, 0) is 31.8 Å². The maximum Gasteiger partial charge on any atom is 0.472 e. The molecule has 0 aromatic rings. The molecule has 2 N–H and O–H groups in total. The van der Waals surface area contributed by atoms with Crippen molar-refractivity contribution >= 4 is 19.7 Å². The van der Waals surface area contributed by atoms with Gasteiger partial charge in [0.2, 0.25) is 5.91 Å². The molecule has 0 saturated heterocycles. The Balaban J connectivity index is 4.96. The monoisotopic (exact) mass is 1140 g/mol. The van der Waals surface area contributed by atoms with Gasteiger partial charge in [-0.25, -0.2) is 4.57 Å². The lowest BCUT2D eigenvalue weighted by Gasteiger charge is -2.27. The van der Waals surface area contributed by atoms with Crippen molar-refractivity contribution in [1.82, 2.24) is 5.32 Å². The molecule has 3 atom stereocenters. The molecule has 0 aromatic heterocycles. The highest BCUT2D eigenvalue weighted by molar-refractivity contribution is 7.47. The average molecular weight is 1140 g/mol. The van der Waals surface area contributed by atoms with Gasteiger partial charge in [0.1, 0.15) is 19.3 Å². The van der Waals surface area contributed by atoms with Crippen LogP contribution in [-0.2, 0) is 27.9 Å². The molecule has 0 aliphatic carbocycles. The number of carbonyl (C=O) groups excluding carboxylic acids is 2. The molecule has 0 fully saturated rings. The Labute approximate surface area is 492 Å². The number of rotatable bonds is 65. The zero-order valence-electron chi connectivity index (χ0n) is 53.9. The van der Waals surface area contributed by atoms with Gasteiger partial charge in [0, 0.05) is 12.8 Å². The van der Waals surface area contributed by atoms with Crippen LogP contribution in [0.25, 0.3) is 0 Å². The predicted octanol–water partition coefficient (Wildman–Crippen LogP) is 21.9. The number of phosphoric ester groups is 1. The van der Waals surface area contributed by atoms with E-state index in [9.17, 15) is 19.0 Å². The van der Waals surface area contributed by atoms with E-state index in [-0.39, 0.29) is 25.1 Å². The number of likely N-dealkylation sites (N-methyl/N-ethyl adjacent to an activating group) is 1. The number of amides is 1. The van der Waals surface area contributed by atoms with Crippen LogP contribution in [0.3, 0.4) is 0 Å². The van der Waals surface area contributed by atoms with Crippen LogP contribution in [0.4, 0.5) is 0 Å². The van der Waals surface area contributed by atoms with Crippen molar-refractivity contribution in [2.24, 2.45) is 0 Å². The molecule has 0 saturated carbocycles. The van der Waals surface area contributed by atoms with Crippen molar-refractivity contribution in [2.45, 2.75) is 380 Å². The number of nitrogens with one attached hydrogen (secondary N) is 1. The third-order valence-electron chi connectivity index (χ3n) is 16.2. The van der Waals surface area contributed by atoms with Crippen molar-refractivity contribution < 1.29 is 37.3 Å². The minimum Gasteiger partial charge on any atom is -0.456 e. The van der Waals surface area contributed by atoms with Gasteiger partial charge in [-0.1, -0.05) is 335 Å². The maximum absolute atomic E-state index is 13.6. The summed E-state index contributed by atoms with van der Waals surface area (Å²) >= 11 is 0. The first kappa shape index (κ1) is 77.8. The van der Waals surface area contributed by atoms with Crippen LogP contribution < -0.4 is 5.32 Å². The van der Waals surface area contributed by atoms with E-state index in [2.05, 4.69) is 26.1 Å². The molecule has 0 heterocycles. The predicted molar refractivity (Wildman–Crippen MR) is 342 cm³/mol. The van der Waals surface area contributed by atoms with Gasteiger partial charge >= 0.3 is 13.8 Å². The topological polar surface area (TPSA) is 111 Å². The number of quaternary nitrogens is 1. The summed E-state index contributed by atoms with van der Waals surface area (Å²) in [5.74, 6) is -0.479. The fourth-order valence-electron chi connectivity index (χ4n) is 10.8. The summed E-state index contributed by atoms with van der Waals surface area (Å²) < 4.78 is 30.8. The van der Waals surface area contributed by atoms with Crippen molar-refractivity contribution in [3.05, 3.63) is 12.2 Å². The Bertz CT molecular complexity index is 1360. The summed E-state index contributed by atoms with van der Waals surface area (Å²) in [6.07, 6.45) is 70.8. The van der Waals surface area contributed by atoms with Gasteiger partial charge < -0.3 is 19.4 Å². The van der Waals surface area contributed by atoms with E-state index in [0.717, 1.165) is 57.8 Å². The fraction of sp³-hybridized carbons (Fsp3) is 0.942.